The van der Waals surface area contributed by atoms with Crippen molar-refractivity contribution in [2.45, 2.75) is 45.5 Å². The number of aliphatic carboxylic acids is 2. The molecule has 0 aromatic carbocycles. The van der Waals surface area contributed by atoms with E-state index in [9.17, 15) is 19.2 Å². The quantitative estimate of drug-likeness (QED) is 0.336. The molecule has 120 valence electrons. The van der Waals surface area contributed by atoms with Gasteiger partial charge in [-0.25, -0.2) is 0 Å². The molecule has 9 heteroatoms. The molecule has 0 rings (SSSR count). The van der Waals surface area contributed by atoms with Crippen LogP contribution in [0.5, 0.6) is 0 Å². The Bertz CT molecular complexity index is 372. The summed E-state index contributed by atoms with van der Waals surface area (Å²) >= 11 is 0. The SMILES string of the molecule is CCCOC(CC)(OC(=O)CC(=O)O)OC(=O)CC(=O)O. The number of carbonyl (C=O) groups is 4. The first kappa shape index (κ1) is 18.8. The summed E-state index contributed by atoms with van der Waals surface area (Å²) in [4.78, 5) is 43.7. The maximum Gasteiger partial charge on any atom is 0.375 e. The minimum absolute atomic E-state index is 0.0640. The highest BCUT2D eigenvalue weighted by molar-refractivity contribution is 5.91. The smallest absolute Gasteiger partial charge is 0.375 e. The van der Waals surface area contributed by atoms with Crippen LogP contribution in [0.1, 0.15) is 39.5 Å². The van der Waals surface area contributed by atoms with Crippen molar-refractivity contribution in [3.8, 4) is 0 Å². The second kappa shape index (κ2) is 8.90. The van der Waals surface area contributed by atoms with Crippen molar-refractivity contribution < 1.29 is 43.6 Å². The van der Waals surface area contributed by atoms with Crippen molar-refractivity contribution in [1.29, 1.82) is 0 Å². The molecule has 0 aromatic heterocycles. The lowest BCUT2D eigenvalue weighted by atomic mass is 10.3. The lowest BCUT2D eigenvalue weighted by molar-refractivity contribution is -0.346. The number of hydrogen-bond acceptors (Lipinski definition) is 7. The average Bonchev–Trinajstić information content (AvgIpc) is 2.33. The van der Waals surface area contributed by atoms with E-state index in [1.165, 1.54) is 6.92 Å². The predicted octanol–water partition coefficient (Wildman–Crippen LogP) is 0.513. The fourth-order valence-corrected chi connectivity index (χ4v) is 1.25. The fraction of sp³-hybridized carbons (Fsp3) is 0.667. The standard InChI is InChI=1S/C12H18O9/c1-3-5-19-12(4-2,20-10(17)6-8(13)14)21-11(18)7-9(15)16/h3-7H2,1-2H3,(H,13,14)(H,15,16). The fourth-order valence-electron chi connectivity index (χ4n) is 1.25. The van der Waals surface area contributed by atoms with Gasteiger partial charge in [-0.2, -0.15) is 0 Å². The van der Waals surface area contributed by atoms with Crippen molar-refractivity contribution in [2.24, 2.45) is 0 Å². The molecule has 0 unspecified atom stereocenters. The number of carboxylic acids is 2. The second-order valence-electron chi connectivity index (χ2n) is 3.97. The van der Waals surface area contributed by atoms with Gasteiger partial charge in [0.05, 0.1) is 13.0 Å². The van der Waals surface area contributed by atoms with Crippen LogP contribution in [0.25, 0.3) is 0 Å². The molecule has 0 aromatic rings. The third kappa shape index (κ3) is 7.88. The molecule has 9 nitrogen and oxygen atoms in total. The molecule has 0 radical (unpaired) electrons. The Balaban J connectivity index is 4.96. The topological polar surface area (TPSA) is 136 Å². The first-order valence-electron chi connectivity index (χ1n) is 6.25. The Kier molecular flexibility index (Phi) is 7.99. The van der Waals surface area contributed by atoms with E-state index in [1.807, 2.05) is 0 Å². The van der Waals surface area contributed by atoms with E-state index < -0.39 is 42.7 Å². The Morgan fingerprint density at radius 2 is 1.33 bits per heavy atom. The van der Waals surface area contributed by atoms with Crippen LogP contribution in [0.2, 0.25) is 0 Å². The van der Waals surface area contributed by atoms with E-state index >= 15 is 0 Å². The van der Waals surface area contributed by atoms with E-state index in [2.05, 4.69) is 0 Å². The van der Waals surface area contributed by atoms with Crippen LogP contribution < -0.4 is 0 Å². The van der Waals surface area contributed by atoms with Crippen LogP contribution in [0.15, 0.2) is 0 Å². The van der Waals surface area contributed by atoms with Crippen molar-refractivity contribution in [1.82, 2.24) is 0 Å². The summed E-state index contributed by atoms with van der Waals surface area (Å²) in [6, 6.07) is 0. The van der Waals surface area contributed by atoms with Gasteiger partial charge in [-0.1, -0.05) is 13.8 Å². The summed E-state index contributed by atoms with van der Waals surface area (Å²) in [5, 5.41) is 17.0. The maximum absolute atomic E-state index is 11.4. The Hall–Kier alpha value is -2.16. The van der Waals surface area contributed by atoms with Crippen LogP contribution in [0.3, 0.4) is 0 Å². The van der Waals surface area contributed by atoms with E-state index in [4.69, 9.17) is 24.4 Å². The van der Waals surface area contributed by atoms with E-state index in [0.29, 0.717) is 6.42 Å². The average molecular weight is 306 g/mol. The van der Waals surface area contributed by atoms with Gasteiger partial charge in [-0.15, -0.1) is 0 Å². The van der Waals surface area contributed by atoms with E-state index in [0.717, 1.165) is 0 Å². The van der Waals surface area contributed by atoms with E-state index in [-0.39, 0.29) is 13.0 Å². The van der Waals surface area contributed by atoms with Crippen LogP contribution in [0.4, 0.5) is 0 Å². The lowest BCUT2D eigenvalue weighted by Gasteiger charge is -2.30. The molecule has 0 saturated carbocycles. The molecule has 0 aliphatic carbocycles. The van der Waals surface area contributed by atoms with Crippen LogP contribution >= 0.6 is 0 Å². The lowest BCUT2D eigenvalue weighted by Crippen LogP contribution is -2.43. The monoisotopic (exact) mass is 306 g/mol. The predicted molar refractivity (Wildman–Crippen MR) is 66.0 cm³/mol. The van der Waals surface area contributed by atoms with Gasteiger partial charge in [-0.3, -0.25) is 19.2 Å². The van der Waals surface area contributed by atoms with Gasteiger partial charge in [0.1, 0.15) is 12.8 Å². The molecule has 0 atom stereocenters. The Labute approximate surface area is 120 Å². The molecule has 0 aliphatic rings. The van der Waals surface area contributed by atoms with Gasteiger partial charge in [0.25, 0.3) is 0 Å². The summed E-state index contributed by atoms with van der Waals surface area (Å²) in [6.07, 6.45) is -1.49. The van der Waals surface area contributed by atoms with Crippen LogP contribution in [-0.4, -0.2) is 46.7 Å². The maximum atomic E-state index is 11.4. The zero-order valence-electron chi connectivity index (χ0n) is 11.8. The van der Waals surface area contributed by atoms with Crippen LogP contribution in [-0.2, 0) is 33.4 Å². The number of carbonyl (C=O) groups excluding carboxylic acids is 2. The number of carboxylic acid groups (broad SMARTS) is 2. The first-order valence-corrected chi connectivity index (χ1v) is 6.25. The molecule has 0 bridgehead atoms. The summed E-state index contributed by atoms with van der Waals surface area (Å²) < 4.78 is 14.7. The summed E-state index contributed by atoms with van der Waals surface area (Å²) in [5.74, 6) is -7.28. The van der Waals surface area contributed by atoms with Gasteiger partial charge in [0.2, 0.25) is 0 Å². The number of ether oxygens (including phenoxy) is 3. The zero-order valence-corrected chi connectivity index (χ0v) is 11.8. The zero-order chi connectivity index (χ0) is 16.5. The Morgan fingerprint density at radius 3 is 1.62 bits per heavy atom. The molecule has 0 amide bonds. The number of hydrogen-bond donors (Lipinski definition) is 2. The Morgan fingerprint density at radius 1 is 0.905 bits per heavy atom. The van der Waals surface area contributed by atoms with Crippen molar-refractivity contribution in [2.75, 3.05) is 6.61 Å². The van der Waals surface area contributed by atoms with Crippen molar-refractivity contribution in [3.05, 3.63) is 0 Å². The molecule has 0 saturated heterocycles. The normalized spacial score (nSPS) is 10.8. The number of esters is 2. The molecular formula is C12H18O9. The third-order valence-corrected chi connectivity index (χ3v) is 2.09. The second-order valence-corrected chi connectivity index (χ2v) is 3.97. The molecular weight excluding hydrogens is 288 g/mol. The van der Waals surface area contributed by atoms with Gasteiger partial charge in [0.15, 0.2) is 0 Å². The highest BCUT2D eigenvalue weighted by Crippen LogP contribution is 2.22. The van der Waals surface area contributed by atoms with Crippen LogP contribution in [0, 0.1) is 0 Å². The summed E-state index contributed by atoms with van der Waals surface area (Å²) in [6.45, 7) is 3.28. The highest BCUT2D eigenvalue weighted by atomic mass is 16.9. The highest BCUT2D eigenvalue weighted by Gasteiger charge is 2.39. The third-order valence-electron chi connectivity index (χ3n) is 2.09. The van der Waals surface area contributed by atoms with Gasteiger partial charge in [-0.05, 0) is 6.42 Å². The first-order chi connectivity index (χ1) is 9.74. The summed E-state index contributed by atoms with van der Waals surface area (Å²) in [5.41, 5.74) is 0. The molecule has 0 heterocycles. The molecule has 2 N–H and O–H groups in total. The largest absolute Gasteiger partial charge is 0.481 e. The summed E-state index contributed by atoms with van der Waals surface area (Å²) in [7, 11) is 0. The van der Waals surface area contributed by atoms with E-state index in [1.54, 1.807) is 6.92 Å². The van der Waals surface area contributed by atoms with Gasteiger partial charge in [0, 0.05) is 0 Å². The minimum Gasteiger partial charge on any atom is -0.481 e. The van der Waals surface area contributed by atoms with Crippen molar-refractivity contribution in [3.63, 3.8) is 0 Å². The number of rotatable bonds is 10. The molecule has 0 spiro atoms. The molecule has 21 heavy (non-hydrogen) atoms. The van der Waals surface area contributed by atoms with Gasteiger partial charge < -0.3 is 24.4 Å². The van der Waals surface area contributed by atoms with Crippen molar-refractivity contribution >= 4 is 23.9 Å². The molecule has 0 fully saturated rings. The molecule has 0 aliphatic heterocycles. The van der Waals surface area contributed by atoms with Gasteiger partial charge >= 0.3 is 29.9 Å². The minimum atomic E-state index is -2.12.